The number of benzene rings is 2. The van der Waals surface area contributed by atoms with E-state index in [0.29, 0.717) is 5.69 Å². The van der Waals surface area contributed by atoms with Gasteiger partial charge in [0.2, 0.25) is 0 Å². The maximum Gasteiger partial charge on any atom is 0.319 e. The fourth-order valence-corrected chi connectivity index (χ4v) is 2.35. The number of fused-ring (bicyclic) bond motifs is 1. The average Bonchev–Trinajstić information content (AvgIpc) is 2.61. The molecule has 0 aliphatic carbocycles. The number of aromatic nitrogens is 1. The van der Waals surface area contributed by atoms with E-state index < -0.39 is 6.10 Å². The predicted octanol–water partition coefficient (Wildman–Crippen LogP) is 3.09. The Morgan fingerprint density at radius 1 is 1.04 bits per heavy atom. The molecule has 23 heavy (non-hydrogen) atoms. The Morgan fingerprint density at radius 2 is 1.83 bits per heavy atom. The number of nitrogens with zero attached hydrogens (tertiary/aromatic N) is 1. The molecule has 0 aliphatic heterocycles. The van der Waals surface area contributed by atoms with Crippen molar-refractivity contribution in [3.05, 3.63) is 72.4 Å². The molecule has 0 bridgehead atoms. The van der Waals surface area contributed by atoms with Crippen molar-refractivity contribution in [3.63, 3.8) is 0 Å². The van der Waals surface area contributed by atoms with Crippen LogP contribution in [0.15, 0.2) is 66.9 Å². The molecule has 2 aromatic carbocycles. The van der Waals surface area contributed by atoms with Gasteiger partial charge in [-0.1, -0.05) is 48.5 Å². The van der Waals surface area contributed by atoms with Crippen molar-refractivity contribution in [3.8, 4) is 0 Å². The lowest BCUT2D eigenvalue weighted by Gasteiger charge is -2.13. The fraction of sp³-hybridized carbons (Fsp3) is 0.111. The van der Waals surface area contributed by atoms with Crippen molar-refractivity contribution in [1.82, 2.24) is 10.3 Å². The molecule has 3 rings (SSSR count). The van der Waals surface area contributed by atoms with E-state index >= 15 is 0 Å². The highest BCUT2D eigenvalue weighted by molar-refractivity contribution is 5.99. The van der Waals surface area contributed by atoms with Gasteiger partial charge in [0.25, 0.3) is 0 Å². The molecule has 0 radical (unpaired) electrons. The van der Waals surface area contributed by atoms with Crippen LogP contribution < -0.4 is 10.6 Å². The number of rotatable bonds is 4. The number of urea groups is 1. The van der Waals surface area contributed by atoms with Gasteiger partial charge in [0, 0.05) is 18.1 Å². The van der Waals surface area contributed by atoms with Gasteiger partial charge in [0.1, 0.15) is 0 Å². The van der Waals surface area contributed by atoms with Gasteiger partial charge in [-0.3, -0.25) is 4.98 Å². The summed E-state index contributed by atoms with van der Waals surface area (Å²) >= 11 is 0. The van der Waals surface area contributed by atoms with Crippen LogP contribution in [0, 0.1) is 0 Å². The number of carbonyl (C=O) groups is 1. The zero-order chi connectivity index (χ0) is 16.1. The van der Waals surface area contributed by atoms with E-state index in [-0.39, 0.29) is 12.6 Å². The summed E-state index contributed by atoms with van der Waals surface area (Å²) in [6.07, 6.45) is 0.942. The number of para-hydroxylation sites is 1. The summed E-state index contributed by atoms with van der Waals surface area (Å²) in [7, 11) is 0. The summed E-state index contributed by atoms with van der Waals surface area (Å²) in [4.78, 5) is 16.3. The standard InChI is InChI=1S/C18H17N3O2/c22-16(13-6-2-1-3-7-13)12-20-18(23)21-15-10-4-8-14-9-5-11-19-17(14)15/h1-11,16,22H,12H2,(H2,20,21,23)/t16-/m1/s1. The van der Waals surface area contributed by atoms with Crippen LogP contribution in [-0.2, 0) is 0 Å². The van der Waals surface area contributed by atoms with Crippen molar-refractivity contribution < 1.29 is 9.90 Å². The summed E-state index contributed by atoms with van der Waals surface area (Å²) < 4.78 is 0. The van der Waals surface area contributed by atoms with E-state index in [1.165, 1.54) is 0 Å². The molecule has 116 valence electrons. The number of anilines is 1. The first kappa shape index (κ1) is 15.0. The maximum atomic E-state index is 12.0. The van der Waals surface area contributed by atoms with Gasteiger partial charge in [0.15, 0.2) is 0 Å². The quantitative estimate of drug-likeness (QED) is 0.693. The molecule has 0 saturated heterocycles. The molecule has 0 fully saturated rings. The van der Waals surface area contributed by atoms with E-state index in [9.17, 15) is 9.90 Å². The zero-order valence-corrected chi connectivity index (χ0v) is 12.4. The first-order valence-corrected chi connectivity index (χ1v) is 7.35. The molecule has 1 heterocycles. The van der Waals surface area contributed by atoms with Crippen molar-refractivity contribution in [2.75, 3.05) is 11.9 Å². The molecule has 1 aromatic heterocycles. The van der Waals surface area contributed by atoms with Gasteiger partial charge >= 0.3 is 6.03 Å². The van der Waals surface area contributed by atoms with Crippen molar-refractivity contribution in [2.45, 2.75) is 6.10 Å². The number of hydrogen-bond donors (Lipinski definition) is 3. The second-order valence-electron chi connectivity index (χ2n) is 5.14. The zero-order valence-electron chi connectivity index (χ0n) is 12.4. The minimum Gasteiger partial charge on any atom is -0.387 e. The molecule has 0 aliphatic rings. The van der Waals surface area contributed by atoms with Crippen LogP contribution in [0.5, 0.6) is 0 Å². The number of aliphatic hydroxyl groups excluding tert-OH is 1. The molecule has 2 amide bonds. The third kappa shape index (κ3) is 3.64. The van der Waals surface area contributed by atoms with Crippen LogP contribution in [0.1, 0.15) is 11.7 Å². The Labute approximate surface area is 134 Å². The highest BCUT2D eigenvalue weighted by atomic mass is 16.3. The molecule has 5 nitrogen and oxygen atoms in total. The molecule has 0 unspecified atom stereocenters. The van der Waals surface area contributed by atoms with Crippen molar-refractivity contribution in [2.24, 2.45) is 0 Å². The van der Waals surface area contributed by atoms with Crippen LogP contribution in [0.3, 0.4) is 0 Å². The smallest absolute Gasteiger partial charge is 0.319 e. The third-order valence-corrected chi connectivity index (χ3v) is 3.52. The summed E-state index contributed by atoms with van der Waals surface area (Å²) in [5.41, 5.74) is 2.13. The first-order chi connectivity index (χ1) is 11.2. The second-order valence-corrected chi connectivity index (χ2v) is 5.14. The molecule has 1 atom stereocenters. The van der Waals surface area contributed by atoms with Crippen LogP contribution in [-0.4, -0.2) is 22.7 Å². The van der Waals surface area contributed by atoms with E-state index in [2.05, 4.69) is 15.6 Å². The predicted molar refractivity (Wildman–Crippen MR) is 90.2 cm³/mol. The van der Waals surface area contributed by atoms with Gasteiger partial charge in [-0.2, -0.15) is 0 Å². The molecule has 3 aromatic rings. The molecule has 3 N–H and O–H groups in total. The maximum absolute atomic E-state index is 12.0. The molecular weight excluding hydrogens is 290 g/mol. The first-order valence-electron chi connectivity index (χ1n) is 7.35. The number of hydrogen-bond acceptors (Lipinski definition) is 3. The fourth-order valence-electron chi connectivity index (χ4n) is 2.35. The van der Waals surface area contributed by atoms with E-state index in [1.807, 2.05) is 54.6 Å². The van der Waals surface area contributed by atoms with Gasteiger partial charge in [-0.15, -0.1) is 0 Å². The monoisotopic (exact) mass is 307 g/mol. The lowest BCUT2D eigenvalue weighted by atomic mass is 10.1. The van der Waals surface area contributed by atoms with Crippen LogP contribution in [0.4, 0.5) is 10.5 Å². The average molecular weight is 307 g/mol. The summed E-state index contributed by atoms with van der Waals surface area (Å²) in [5.74, 6) is 0. The Hall–Kier alpha value is -2.92. The minimum absolute atomic E-state index is 0.133. The van der Waals surface area contributed by atoms with Gasteiger partial charge in [0.05, 0.1) is 17.3 Å². The highest BCUT2D eigenvalue weighted by Crippen LogP contribution is 2.20. The van der Waals surface area contributed by atoms with Crippen molar-refractivity contribution >= 4 is 22.6 Å². The Morgan fingerprint density at radius 3 is 2.65 bits per heavy atom. The minimum atomic E-state index is -0.743. The second kappa shape index (κ2) is 6.89. The Kier molecular flexibility index (Phi) is 4.49. The largest absolute Gasteiger partial charge is 0.387 e. The number of carbonyl (C=O) groups excluding carboxylic acids is 1. The summed E-state index contributed by atoms with van der Waals surface area (Å²) in [6, 6.07) is 18.2. The summed E-state index contributed by atoms with van der Waals surface area (Å²) in [6.45, 7) is 0.133. The lowest BCUT2D eigenvalue weighted by Crippen LogP contribution is -2.32. The van der Waals surface area contributed by atoms with E-state index in [0.717, 1.165) is 16.5 Å². The highest BCUT2D eigenvalue weighted by Gasteiger charge is 2.10. The van der Waals surface area contributed by atoms with Gasteiger partial charge in [-0.05, 0) is 17.7 Å². The van der Waals surface area contributed by atoms with Crippen molar-refractivity contribution in [1.29, 1.82) is 0 Å². The Balaban J connectivity index is 1.63. The van der Waals surface area contributed by atoms with Crippen LogP contribution in [0.2, 0.25) is 0 Å². The number of pyridine rings is 1. The SMILES string of the molecule is O=C(NC[C@@H](O)c1ccccc1)Nc1cccc2cccnc12. The summed E-state index contributed by atoms with van der Waals surface area (Å²) in [5, 5.41) is 16.4. The normalized spacial score (nSPS) is 11.9. The topological polar surface area (TPSA) is 74.2 Å². The number of aliphatic hydroxyl groups is 1. The molecule has 0 saturated carbocycles. The van der Waals surface area contributed by atoms with E-state index in [1.54, 1.807) is 12.3 Å². The van der Waals surface area contributed by atoms with Crippen LogP contribution >= 0.6 is 0 Å². The van der Waals surface area contributed by atoms with Gasteiger partial charge < -0.3 is 15.7 Å². The molecular formula is C18H17N3O2. The van der Waals surface area contributed by atoms with Gasteiger partial charge in [-0.25, -0.2) is 4.79 Å². The van der Waals surface area contributed by atoms with E-state index in [4.69, 9.17) is 0 Å². The number of amides is 2. The Bertz CT molecular complexity index is 800. The molecule has 0 spiro atoms. The molecule has 5 heteroatoms. The number of nitrogens with one attached hydrogen (secondary N) is 2. The van der Waals surface area contributed by atoms with Crippen LogP contribution in [0.25, 0.3) is 10.9 Å². The third-order valence-electron chi connectivity index (χ3n) is 3.52. The lowest BCUT2D eigenvalue weighted by molar-refractivity contribution is 0.175.